The summed E-state index contributed by atoms with van der Waals surface area (Å²) in [5.41, 5.74) is 2.78. The van der Waals surface area contributed by atoms with Crippen LogP contribution in [0.25, 0.3) is 16.5 Å². The van der Waals surface area contributed by atoms with Gasteiger partial charge in [0.15, 0.2) is 10.9 Å². The zero-order valence-corrected chi connectivity index (χ0v) is 19.0. The fraction of sp³-hybridized carbons (Fsp3) is 0.174. The van der Waals surface area contributed by atoms with Crippen molar-refractivity contribution in [3.8, 4) is 5.75 Å². The Balaban J connectivity index is 1.67. The van der Waals surface area contributed by atoms with Gasteiger partial charge in [-0.1, -0.05) is 6.08 Å². The number of methoxy groups -OCH3 is 1. The van der Waals surface area contributed by atoms with Crippen LogP contribution in [-0.2, 0) is 4.79 Å². The predicted molar refractivity (Wildman–Crippen MR) is 126 cm³/mol. The van der Waals surface area contributed by atoms with E-state index in [0.29, 0.717) is 22.0 Å². The summed E-state index contributed by atoms with van der Waals surface area (Å²) in [6.45, 7) is 0. The molecule has 0 aliphatic heterocycles. The van der Waals surface area contributed by atoms with Crippen LogP contribution < -0.4 is 15.4 Å². The van der Waals surface area contributed by atoms with E-state index in [2.05, 4.69) is 20.6 Å². The van der Waals surface area contributed by atoms with E-state index in [-0.39, 0.29) is 23.8 Å². The molecule has 4 rings (SSSR count). The summed E-state index contributed by atoms with van der Waals surface area (Å²) in [4.78, 5) is 47.4. The molecule has 2 N–H and O–H groups in total. The molecule has 0 radical (unpaired) electrons. The van der Waals surface area contributed by atoms with Gasteiger partial charge in [0.1, 0.15) is 5.75 Å². The zero-order chi connectivity index (χ0) is 23.5. The molecule has 10 heteroatoms. The first kappa shape index (κ1) is 22.2. The van der Waals surface area contributed by atoms with E-state index in [0.717, 1.165) is 16.5 Å². The Morgan fingerprint density at radius 2 is 1.94 bits per heavy atom. The fourth-order valence-corrected chi connectivity index (χ4v) is 3.99. The number of hydrogen-bond donors (Lipinski definition) is 2. The number of hydrogen-bond acceptors (Lipinski definition) is 7. The van der Waals surface area contributed by atoms with Crippen molar-refractivity contribution in [1.82, 2.24) is 20.2 Å². The van der Waals surface area contributed by atoms with Crippen molar-refractivity contribution < 1.29 is 19.1 Å². The van der Waals surface area contributed by atoms with Crippen LogP contribution in [0.5, 0.6) is 5.75 Å². The summed E-state index contributed by atoms with van der Waals surface area (Å²) in [6, 6.07) is 4.73. The highest BCUT2D eigenvalue weighted by atomic mass is 32.1. The first-order chi connectivity index (χ1) is 15.9. The van der Waals surface area contributed by atoms with Crippen LogP contribution in [0.15, 0.2) is 53.8 Å². The number of Topliss-reactive ketones (excluding diaryl/α,β-unsaturated/α-hetero) is 1. The summed E-state index contributed by atoms with van der Waals surface area (Å²) in [7, 11) is 4.84. The molecule has 3 amide bonds. The number of allylic oxidation sites excluding steroid dienone is 4. The number of benzene rings is 1. The highest BCUT2D eigenvalue weighted by Crippen LogP contribution is 2.33. The van der Waals surface area contributed by atoms with Crippen LogP contribution in [0.3, 0.4) is 0 Å². The third kappa shape index (κ3) is 4.60. The molecule has 1 aliphatic rings. The molecule has 0 saturated heterocycles. The largest absolute Gasteiger partial charge is 0.496 e. The maximum Gasteiger partial charge on any atom is 0.325 e. The molecule has 9 nitrogen and oxygen atoms in total. The molecule has 33 heavy (non-hydrogen) atoms. The second kappa shape index (κ2) is 9.21. The number of ether oxygens (including phenoxy) is 1. The number of fused-ring (bicyclic) bond motifs is 1. The van der Waals surface area contributed by atoms with Gasteiger partial charge in [-0.15, -0.1) is 11.3 Å². The van der Waals surface area contributed by atoms with Gasteiger partial charge in [0, 0.05) is 49.7 Å². The SMILES string of the molecule is COc1cc2nccc(C3=CC=C(NC(=O)Nc4nccs4)C(=O)C3)c2cc1C(=O)N(C)C. The predicted octanol–water partition coefficient (Wildman–Crippen LogP) is 3.46. The standard InChI is InChI=1S/C23H21N5O4S/c1-28(2)21(30)16-11-15-14(6-7-24-18(15)12-20(16)32-3)13-4-5-17(19(29)10-13)26-22(31)27-23-25-8-9-33-23/h4-9,11-12H,10H2,1-3H3,(H2,25,26,27,31). The number of thiazole rings is 1. The van der Waals surface area contributed by atoms with E-state index in [4.69, 9.17) is 4.74 Å². The number of rotatable bonds is 5. The summed E-state index contributed by atoms with van der Waals surface area (Å²) in [5, 5.41) is 8.06. The number of urea groups is 1. The van der Waals surface area contributed by atoms with Gasteiger partial charge < -0.3 is 15.0 Å². The van der Waals surface area contributed by atoms with Gasteiger partial charge in [-0.2, -0.15) is 0 Å². The molecule has 3 aromatic rings. The minimum absolute atomic E-state index is 0.0888. The molecular formula is C23H21N5O4S. The van der Waals surface area contributed by atoms with Gasteiger partial charge in [0.2, 0.25) is 0 Å². The van der Waals surface area contributed by atoms with Crippen molar-refractivity contribution >= 4 is 50.7 Å². The van der Waals surface area contributed by atoms with E-state index in [9.17, 15) is 14.4 Å². The number of ketones is 1. The maximum absolute atomic E-state index is 12.8. The van der Waals surface area contributed by atoms with Crippen LogP contribution in [-0.4, -0.2) is 53.8 Å². The molecule has 0 spiro atoms. The lowest BCUT2D eigenvalue weighted by atomic mass is 9.92. The lowest BCUT2D eigenvalue weighted by Gasteiger charge is -2.18. The Bertz CT molecular complexity index is 1310. The van der Waals surface area contributed by atoms with Crippen LogP contribution in [0.4, 0.5) is 9.93 Å². The van der Waals surface area contributed by atoms with Crippen molar-refractivity contribution in [2.75, 3.05) is 26.5 Å². The Kier molecular flexibility index (Phi) is 6.18. The molecule has 0 saturated carbocycles. The normalized spacial score (nSPS) is 13.2. The van der Waals surface area contributed by atoms with Crippen molar-refractivity contribution in [2.45, 2.75) is 6.42 Å². The molecular weight excluding hydrogens is 442 g/mol. The molecule has 168 valence electrons. The monoisotopic (exact) mass is 463 g/mol. The van der Waals surface area contributed by atoms with E-state index < -0.39 is 6.03 Å². The Labute approximate surface area is 193 Å². The zero-order valence-electron chi connectivity index (χ0n) is 18.2. The van der Waals surface area contributed by atoms with E-state index in [1.807, 2.05) is 0 Å². The van der Waals surface area contributed by atoms with Crippen molar-refractivity contribution in [3.63, 3.8) is 0 Å². The highest BCUT2D eigenvalue weighted by Gasteiger charge is 2.22. The molecule has 0 unspecified atom stereocenters. The number of aromatic nitrogens is 2. The number of pyridine rings is 1. The summed E-state index contributed by atoms with van der Waals surface area (Å²) < 4.78 is 5.40. The number of amides is 3. The van der Waals surface area contributed by atoms with Gasteiger partial charge in [0.05, 0.1) is 23.9 Å². The molecule has 1 aromatic carbocycles. The molecule has 2 heterocycles. The van der Waals surface area contributed by atoms with E-state index in [1.165, 1.54) is 23.3 Å². The molecule has 1 aliphatic carbocycles. The average Bonchev–Trinajstić information content (AvgIpc) is 3.31. The van der Waals surface area contributed by atoms with Crippen LogP contribution in [0.2, 0.25) is 0 Å². The number of carbonyl (C=O) groups excluding carboxylic acids is 3. The molecule has 2 aromatic heterocycles. The lowest BCUT2D eigenvalue weighted by molar-refractivity contribution is -0.115. The number of anilines is 1. The smallest absolute Gasteiger partial charge is 0.325 e. The Morgan fingerprint density at radius 3 is 2.61 bits per heavy atom. The van der Waals surface area contributed by atoms with Crippen molar-refractivity contribution in [2.24, 2.45) is 0 Å². The minimum Gasteiger partial charge on any atom is -0.496 e. The average molecular weight is 464 g/mol. The van der Waals surface area contributed by atoms with Crippen LogP contribution >= 0.6 is 11.3 Å². The first-order valence-corrected chi connectivity index (χ1v) is 10.9. The van der Waals surface area contributed by atoms with Gasteiger partial charge in [-0.05, 0) is 29.3 Å². The third-order valence-corrected chi connectivity index (χ3v) is 5.74. The molecule has 0 fully saturated rings. The Morgan fingerprint density at radius 1 is 1.12 bits per heavy atom. The summed E-state index contributed by atoms with van der Waals surface area (Å²) in [6.07, 6.45) is 6.67. The molecule has 0 bridgehead atoms. The number of nitrogens with zero attached hydrogens (tertiary/aromatic N) is 3. The summed E-state index contributed by atoms with van der Waals surface area (Å²) >= 11 is 1.28. The fourth-order valence-electron chi connectivity index (χ4n) is 3.47. The Hall–Kier alpha value is -4.05. The lowest BCUT2D eigenvalue weighted by Crippen LogP contribution is -2.32. The summed E-state index contributed by atoms with van der Waals surface area (Å²) in [5.74, 6) is -0.00286. The third-order valence-electron chi connectivity index (χ3n) is 5.05. The van der Waals surface area contributed by atoms with Gasteiger partial charge in [-0.25, -0.2) is 9.78 Å². The molecule has 0 atom stereocenters. The van der Waals surface area contributed by atoms with Gasteiger partial charge in [-0.3, -0.25) is 19.9 Å². The van der Waals surface area contributed by atoms with Crippen LogP contribution in [0.1, 0.15) is 22.3 Å². The van der Waals surface area contributed by atoms with Crippen LogP contribution in [0, 0.1) is 0 Å². The van der Waals surface area contributed by atoms with E-state index >= 15 is 0 Å². The van der Waals surface area contributed by atoms with Gasteiger partial charge in [0.25, 0.3) is 5.91 Å². The second-order valence-corrected chi connectivity index (χ2v) is 8.31. The highest BCUT2D eigenvalue weighted by molar-refractivity contribution is 7.13. The maximum atomic E-state index is 12.8. The number of carbonyl (C=O) groups is 3. The number of nitrogens with one attached hydrogen (secondary N) is 2. The quantitative estimate of drug-likeness (QED) is 0.599. The van der Waals surface area contributed by atoms with Gasteiger partial charge >= 0.3 is 6.03 Å². The van der Waals surface area contributed by atoms with E-state index in [1.54, 1.807) is 62.2 Å². The first-order valence-electron chi connectivity index (χ1n) is 9.97. The van der Waals surface area contributed by atoms with Crippen molar-refractivity contribution in [3.05, 3.63) is 64.9 Å². The second-order valence-electron chi connectivity index (χ2n) is 7.42. The minimum atomic E-state index is -0.533. The topological polar surface area (TPSA) is 114 Å². The van der Waals surface area contributed by atoms with Crippen molar-refractivity contribution in [1.29, 1.82) is 0 Å².